The predicted octanol–water partition coefficient (Wildman–Crippen LogP) is 3.11. The first-order valence-corrected chi connectivity index (χ1v) is 12.9. The maximum absolute atomic E-state index is 13.0. The molecule has 11 heteroatoms. The normalized spacial score (nSPS) is 13.1. The smallest absolute Gasteiger partial charge is 0.329 e. The van der Waals surface area contributed by atoms with Crippen LogP contribution in [0.5, 0.6) is 5.75 Å². The van der Waals surface area contributed by atoms with Gasteiger partial charge in [-0.15, -0.1) is 0 Å². The van der Waals surface area contributed by atoms with Crippen LogP contribution < -0.4 is 15.5 Å². The van der Waals surface area contributed by atoms with Gasteiger partial charge in [-0.2, -0.15) is 10.2 Å². The third-order valence-corrected chi connectivity index (χ3v) is 6.41. The highest BCUT2D eigenvalue weighted by Gasteiger charge is 2.23. The minimum absolute atomic E-state index is 0.235. The molecule has 0 bridgehead atoms. The van der Waals surface area contributed by atoms with Gasteiger partial charge < -0.3 is 19.7 Å². The van der Waals surface area contributed by atoms with Gasteiger partial charge in [0, 0.05) is 30.4 Å². The van der Waals surface area contributed by atoms with Crippen LogP contribution in [0.15, 0.2) is 90.2 Å². The summed E-state index contributed by atoms with van der Waals surface area (Å²) >= 11 is 0. The summed E-state index contributed by atoms with van der Waals surface area (Å²) in [5.41, 5.74) is 5.67. The van der Waals surface area contributed by atoms with Crippen LogP contribution in [0.3, 0.4) is 0 Å². The molecule has 0 atom stereocenters. The van der Waals surface area contributed by atoms with Gasteiger partial charge in [0.25, 0.3) is 5.91 Å². The number of aromatic nitrogens is 2. The zero-order valence-electron chi connectivity index (χ0n) is 22.3. The Morgan fingerprint density at radius 1 is 0.927 bits per heavy atom. The summed E-state index contributed by atoms with van der Waals surface area (Å²) in [5.74, 6) is -1.49. The molecule has 1 aliphatic rings. The predicted molar refractivity (Wildman–Crippen MR) is 153 cm³/mol. The Morgan fingerprint density at radius 2 is 1.63 bits per heavy atom. The summed E-state index contributed by atoms with van der Waals surface area (Å²) < 4.78 is 12.3. The molecule has 4 aromatic rings. The molecule has 1 fully saturated rings. The summed E-state index contributed by atoms with van der Waals surface area (Å²) in [6, 6.07) is 23.5. The molecule has 1 aromatic heterocycles. The highest BCUT2D eigenvalue weighted by Crippen LogP contribution is 2.25. The van der Waals surface area contributed by atoms with Crippen molar-refractivity contribution in [3.63, 3.8) is 0 Å². The first-order chi connectivity index (χ1) is 20.0. The molecule has 0 spiro atoms. The minimum Gasteiger partial charge on any atom is -0.497 e. The van der Waals surface area contributed by atoms with Crippen molar-refractivity contribution in [2.24, 2.45) is 5.10 Å². The maximum atomic E-state index is 13.0. The largest absolute Gasteiger partial charge is 0.497 e. The van der Waals surface area contributed by atoms with Crippen LogP contribution in [-0.4, -0.2) is 72.0 Å². The van der Waals surface area contributed by atoms with Crippen LogP contribution >= 0.6 is 0 Å². The fraction of sp³-hybridized carbons (Fsp3) is 0.167. The quantitative estimate of drug-likeness (QED) is 0.206. The molecule has 208 valence electrons. The molecule has 2 heterocycles. The summed E-state index contributed by atoms with van der Waals surface area (Å²) in [4.78, 5) is 39.9. The average Bonchev–Trinajstić information content (AvgIpc) is 3.46. The highest BCUT2D eigenvalue weighted by atomic mass is 16.5. The van der Waals surface area contributed by atoms with E-state index in [9.17, 15) is 14.4 Å². The van der Waals surface area contributed by atoms with E-state index in [4.69, 9.17) is 14.6 Å². The number of hydrogen-bond donors (Lipinski definition) is 2. The lowest BCUT2D eigenvalue weighted by atomic mass is 10.1. The SMILES string of the molecule is COc1ccc(-c2nn(-c3ccccc3)cc2/C=N/NC(=O)C(=O)Nc2ccccc2C(=O)N2CCOCC2)cc1. The molecule has 0 aliphatic carbocycles. The second kappa shape index (κ2) is 12.7. The summed E-state index contributed by atoms with van der Waals surface area (Å²) in [6.07, 6.45) is 3.20. The van der Waals surface area contributed by atoms with E-state index < -0.39 is 11.8 Å². The second-order valence-electron chi connectivity index (χ2n) is 9.05. The number of nitrogens with one attached hydrogen (secondary N) is 2. The number of rotatable bonds is 7. The van der Waals surface area contributed by atoms with Crippen molar-refractivity contribution in [3.05, 3.63) is 96.2 Å². The Balaban J connectivity index is 1.30. The van der Waals surface area contributed by atoms with Crippen molar-refractivity contribution >= 4 is 29.6 Å². The average molecular weight is 553 g/mol. The molecule has 5 rings (SSSR count). The van der Waals surface area contributed by atoms with Gasteiger partial charge in [0.2, 0.25) is 0 Å². The number of anilines is 1. The van der Waals surface area contributed by atoms with Crippen molar-refractivity contribution in [1.82, 2.24) is 20.1 Å². The zero-order valence-corrected chi connectivity index (χ0v) is 22.3. The number of morpholine rings is 1. The third kappa shape index (κ3) is 6.48. The first kappa shape index (κ1) is 27.3. The standard InChI is InChI=1S/C30H28N6O5/c1-40-24-13-11-21(12-14-24)27-22(20-36(34-27)23-7-3-2-4-8-23)19-31-33-29(38)28(37)32-26-10-6-5-9-25(26)30(39)35-15-17-41-18-16-35/h2-14,19-20H,15-18H2,1H3,(H,32,37)(H,33,38)/b31-19+. The lowest BCUT2D eigenvalue weighted by Gasteiger charge is -2.27. The molecule has 1 aliphatic heterocycles. The van der Waals surface area contributed by atoms with Crippen molar-refractivity contribution in [1.29, 1.82) is 0 Å². The monoisotopic (exact) mass is 552 g/mol. The number of benzene rings is 3. The highest BCUT2D eigenvalue weighted by molar-refractivity contribution is 6.40. The molecular formula is C30H28N6O5. The molecular weight excluding hydrogens is 524 g/mol. The molecule has 11 nitrogen and oxygen atoms in total. The van der Waals surface area contributed by atoms with Gasteiger partial charge >= 0.3 is 11.8 Å². The lowest BCUT2D eigenvalue weighted by molar-refractivity contribution is -0.136. The zero-order chi connectivity index (χ0) is 28.6. The van der Waals surface area contributed by atoms with Crippen LogP contribution in [0.2, 0.25) is 0 Å². The summed E-state index contributed by atoms with van der Waals surface area (Å²) in [5, 5.41) is 11.2. The van der Waals surface area contributed by atoms with Crippen molar-refractivity contribution in [2.75, 3.05) is 38.7 Å². The van der Waals surface area contributed by atoms with Gasteiger partial charge in [0.05, 0.1) is 43.5 Å². The first-order valence-electron chi connectivity index (χ1n) is 12.9. The Kier molecular flexibility index (Phi) is 8.46. The van der Waals surface area contributed by atoms with E-state index in [-0.39, 0.29) is 17.2 Å². The fourth-order valence-electron chi connectivity index (χ4n) is 4.27. The van der Waals surface area contributed by atoms with Gasteiger partial charge in [-0.3, -0.25) is 14.4 Å². The van der Waals surface area contributed by atoms with Crippen LogP contribution in [0.25, 0.3) is 16.9 Å². The van der Waals surface area contributed by atoms with Gasteiger partial charge in [-0.25, -0.2) is 10.1 Å². The lowest BCUT2D eigenvalue weighted by Crippen LogP contribution is -2.41. The number of carbonyl (C=O) groups excluding carboxylic acids is 3. The number of methoxy groups -OCH3 is 1. The Morgan fingerprint density at radius 3 is 2.37 bits per heavy atom. The van der Waals surface area contributed by atoms with Crippen molar-refractivity contribution in [2.45, 2.75) is 0 Å². The Labute approximate surface area is 236 Å². The molecule has 0 radical (unpaired) electrons. The van der Waals surface area contributed by atoms with Crippen molar-refractivity contribution in [3.8, 4) is 22.7 Å². The van der Waals surface area contributed by atoms with Crippen LogP contribution in [0, 0.1) is 0 Å². The molecule has 0 unspecified atom stereocenters. The Bertz CT molecular complexity index is 1560. The number of nitrogens with zero attached hydrogens (tertiary/aromatic N) is 4. The number of para-hydroxylation sites is 2. The molecule has 1 saturated heterocycles. The molecule has 3 amide bonds. The van der Waals surface area contributed by atoms with Crippen LogP contribution in [-0.2, 0) is 14.3 Å². The number of hydrogen-bond acceptors (Lipinski definition) is 7. The molecule has 0 saturated carbocycles. The third-order valence-electron chi connectivity index (χ3n) is 6.41. The Hall–Kier alpha value is -5.29. The van der Waals surface area contributed by atoms with E-state index in [0.717, 1.165) is 11.3 Å². The number of amides is 3. The number of ether oxygens (including phenoxy) is 2. The van der Waals surface area contributed by atoms with Gasteiger partial charge in [-0.1, -0.05) is 30.3 Å². The number of hydrazone groups is 1. The van der Waals surface area contributed by atoms with E-state index in [2.05, 4.69) is 15.8 Å². The summed E-state index contributed by atoms with van der Waals surface area (Å²) in [6.45, 7) is 1.81. The van der Waals surface area contributed by atoms with Gasteiger partial charge in [-0.05, 0) is 48.5 Å². The van der Waals surface area contributed by atoms with E-state index >= 15 is 0 Å². The summed E-state index contributed by atoms with van der Waals surface area (Å²) in [7, 11) is 1.59. The van der Waals surface area contributed by atoms with Crippen LogP contribution in [0.1, 0.15) is 15.9 Å². The van der Waals surface area contributed by atoms with E-state index in [0.29, 0.717) is 43.3 Å². The molecule has 41 heavy (non-hydrogen) atoms. The van der Waals surface area contributed by atoms with Crippen LogP contribution in [0.4, 0.5) is 5.69 Å². The number of carbonyl (C=O) groups is 3. The topological polar surface area (TPSA) is 127 Å². The fourth-order valence-corrected chi connectivity index (χ4v) is 4.27. The van der Waals surface area contributed by atoms with E-state index in [1.807, 2.05) is 54.6 Å². The molecule has 2 N–H and O–H groups in total. The van der Waals surface area contributed by atoms with Gasteiger partial charge in [0.15, 0.2) is 0 Å². The van der Waals surface area contributed by atoms with E-state index in [1.54, 1.807) is 47.2 Å². The van der Waals surface area contributed by atoms with Gasteiger partial charge in [0.1, 0.15) is 11.4 Å². The van der Waals surface area contributed by atoms with Crippen molar-refractivity contribution < 1.29 is 23.9 Å². The maximum Gasteiger partial charge on any atom is 0.329 e. The minimum atomic E-state index is -0.990. The van der Waals surface area contributed by atoms with E-state index in [1.165, 1.54) is 6.21 Å². The second-order valence-corrected chi connectivity index (χ2v) is 9.05. The molecule has 3 aromatic carbocycles.